The Hall–Kier alpha value is -1.24. The van der Waals surface area contributed by atoms with Crippen LogP contribution in [-0.4, -0.2) is 17.0 Å². The maximum Gasteiger partial charge on any atom is 0.225 e. The lowest BCUT2D eigenvalue weighted by atomic mass is 10.2. The minimum absolute atomic E-state index is 0.220. The fourth-order valence-corrected chi connectivity index (χ4v) is 1.72. The normalized spacial score (nSPS) is 10.3. The molecule has 0 saturated heterocycles. The van der Waals surface area contributed by atoms with Crippen molar-refractivity contribution < 1.29 is 4.39 Å². The third kappa shape index (κ3) is 3.36. The number of nitrogens with zero attached hydrogens (tertiary/aromatic N) is 3. The van der Waals surface area contributed by atoms with Gasteiger partial charge in [0.1, 0.15) is 5.82 Å². The van der Waals surface area contributed by atoms with Crippen molar-refractivity contribution in [1.29, 1.82) is 0 Å². The molecule has 0 radical (unpaired) electrons. The first-order chi connectivity index (χ1) is 8.15. The molecule has 0 aliphatic rings. The van der Waals surface area contributed by atoms with Gasteiger partial charge in [0.25, 0.3) is 0 Å². The van der Waals surface area contributed by atoms with Crippen molar-refractivity contribution in [1.82, 2.24) is 9.97 Å². The van der Waals surface area contributed by atoms with Crippen molar-refractivity contribution in [2.45, 2.75) is 6.54 Å². The molecule has 0 aliphatic heterocycles. The molecule has 0 saturated carbocycles. The second kappa shape index (κ2) is 5.39. The standard InChI is InChI=1S/C12H11FIN3/c1-17(12-15-6-11(14)7-16-12)8-9-2-4-10(13)5-3-9/h2-7H,8H2,1H3. The molecule has 0 amide bonds. The average Bonchev–Trinajstić information content (AvgIpc) is 2.33. The molecule has 2 rings (SSSR count). The van der Waals surface area contributed by atoms with E-state index in [0.29, 0.717) is 12.5 Å². The number of benzene rings is 1. The second-order valence-electron chi connectivity index (χ2n) is 3.68. The van der Waals surface area contributed by atoms with E-state index in [1.807, 2.05) is 11.9 Å². The summed E-state index contributed by atoms with van der Waals surface area (Å²) in [5, 5.41) is 0. The summed E-state index contributed by atoms with van der Waals surface area (Å²) in [6, 6.07) is 6.44. The molecule has 0 N–H and O–H groups in total. The number of halogens is 2. The zero-order valence-electron chi connectivity index (χ0n) is 9.27. The van der Waals surface area contributed by atoms with Crippen molar-refractivity contribution in [3.8, 4) is 0 Å². The number of anilines is 1. The highest BCUT2D eigenvalue weighted by Gasteiger charge is 2.04. The quantitative estimate of drug-likeness (QED) is 0.803. The molecule has 0 atom stereocenters. The number of rotatable bonds is 3. The highest BCUT2D eigenvalue weighted by molar-refractivity contribution is 14.1. The van der Waals surface area contributed by atoms with Crippen molar-refractivity contribution in [2.75, 3.05) is 11.9 Å². The van der Waals surface area contributed by atoms with Crippen LogP contribution in [0, 0.1) is 9.39 Å². The third-order valence-electron chi connectivity index (χ3n) is 2.28. The maximum absolute atomic E-state index is 12.8. The summed E-state index contributed by atoms with van der Waals surface area (Å²) in [4.78, 5) is 10.4. The Morgan fingerprint density at radius 1 is 1.18 bits per heavy atom. The van der Waals surface area contributed by atoms with E-state index in [2.05, 4.69) is 32.6 Å². The SMILES string of the molecule is CN(Cc1ccc(F)cc1)c1ncc(I)cn1. The van der Waals surface area contributed by atoms with Crippen LogP contribution in [-0.2, 0) is 6.54 Å². The van der Waals surface area contributed by atoms with Crippen LogP contribution in [0.5, 0.6) is 0 Å². The highest BCUT2D eigenvalue weighted by atomic mass is 127. The fraction of sp³-hybridized carbons (Fsp3) is 0.167. The van der Waals surface area contributed by atoms with Gasteiger partial charge in [0.15, 0.2) is 0 Å². The summed E-state index contributed by atoms with van der Waals surface area (Å²) in [7, 11) is 1.91. The summed E-state index contributed by atoms with van der Waals surface area (Å²) in [6.07, 6.45) is 3.54. The summed E-state index contributed by atoms with van der Waals surface area (Å²) in [5.74, 6) is 0.441. The molecule has 17 heavy (non-hydrogen) atoms. The van der Waals surface area contributed by atoms with Gasteiger partial charge < -0.3 is 4.90 Å². The van der Waals surface area contributed by atoms with Crippen LogP contribution in [0.4, 0.5) is 10.3 Å². The van der Waals surface area contributed by atoms with Gasteiger partial charge in [-0.3, -0.25) is 0 Å². The van der Waals surface area contributed by atoms with Gasteiger partial charge in [0.2, 0.25) is 5.95 Å². The lowest BCUT2D eigenvalue weighted by Gasteiger charge is -2.16. The van der Waals surface area contributed by atoms with Gasteiger partial charge in [-0.15, -0.1) is 0 Å². The molecule has 1 aromatic carbocycles. The Kier molecular flexibility index (Phi) is 3.88. The number of aromatic nitrogens is 2. The Labute approximate surface area is 113 Å². The minimum atomic E-state index is -0.220. The van der Waals surface area contributed by atoms with Crippen LogP contribution >= 0.6 is 22.6 Å². The van der Waals surface area contributed by atoms with Gasteiger partial charge in [-0.2, -0.15) is 0 Å². The highest BCUT2D eigenvalue weighted by Crippen LogP contribution is 2.11. The minimum Gasteiger partial charge on any atom is -0.340 e. The predicted octanol–water partition coefficient (Wildman–Crippen LogP) is 2.86. The Bertz CT molecular complexity index is 484. The van der Waals surface area contributed by atoms with Crippen LogP contribution in [0.1, 0.15) is 5.56 Å². The molecule has 5 heteroatoms. The van der Waals surface area contributed by atoms with Gasteiger partial charge in [0, 0.05) is 29.6 Å². The van der Waals surface area contributed by atoms with Crippen LogP contribution in [0.3, 0.4) is 0 Å². The molecular weight excluding hydrogens is 332 g/mol. The zero-order valence-corrected chi connectivity index (χ0v) is 11.4. The first-order valence-corrected chi connectivity index (χ1v) is 6.16. The first kappa shape index (κ1) is 12.2. The van der Waals surface area contributed by atoms with E-state index < -0.39 is 0 Å². The Balaban J connectivity index is 2.08. The van der Waals surface area contributed by atoms with Crippen LogP contribution in [0.2, 0.25) is 0 Å². The van der Waals surface area contributed by atoms with Crippen molar-refractivity contribution in [2.24, 2.45) is 0 Å². The summed E-state index contributed by atoms with van der Waals surface area (Å²) in [5.41, 5.74) is 1.02. The van der Waals surface area contributed by atoms with Crippen molar-refractivity contribution in [3.05, 3.63) is 51.6 Å². The molecule has 0 fully saturated rings. The van der Waals surface area contributed by atoms with Gasteiger partial charge >= 0.3 is 0 Å². The Morgan fingerprint density at radius 2 is 1.76 bits per heavy atom. The van der Waals surface area contributed by atoms with Gasteiger partial charge in [-0.05, 0) is 40.3 Å². The number of hydrogen-bond donors (Lipinski definition) is 0. The first-order valence-electron chi connectivity index (χ1n) is 5.08. The molecule has 0 unspecified atom stereocenters. The van der Waals surface area contributed by atoms with Gasteiger partial charge in [-0.25, -0.2) is 14.4 Å². The summed E-state index contributed by atoms with van der Waals surface area (Å²) >= 11 is 2.16. The lowest BCUT2D eigenvalue weighted by molar-refractivity contribution is 0.627. The van der Waals surface area contributed by atoms with E-state index >= 15 is 0 Å². The Morgan fingerprint density at radius 3 is 2.35 bits per heavy atom. The molecule has 2 aromatic rings. The molecule has 0 aliphatic carbocycles. The van der Waals surface area contributed by atoms with E-state index in [9.17, 15) is 4.39 Å². The monoisotopic (exact) mass is 343 g/mol. The van der Waals surface area contributed by atoms with E-state index in [1.165, 1.54) is 12.1 Å². The largest absolute Gasteiger partial charge is 0.340 e. The van der Waals surface area contributed by atoms with E-state index in [1.54, 1.807) is 24.5 Å². The van der Waals surface area contributed by atoms with E-state index in [0.717, 1.165) is 9.13 Å². The molecule has 1 aromatic heterocycles. The van der Waals surface area contributed by atoms with Crippen LogP contribution in [0.15, 0.2) is 36.7 Å². The summed E-state index contributed by atoms with van der Waals surface area (Å²) in [6.45, 7) is 0.654. The van der Waals surface area contributed by atoms with Gasteiger partial charge in [0.05, 0.1) is 0 Å². The third-order valence-corrected chi connectivity index (χ3v) is 2.84. The molecular formula is C12H11FIN3. The molecule has 0 bridgehead atoms. The second-order valence-corrected chi connectivity index (χ2v) is 4.93. The fourth-order valence-electron chi connectivity index (χ4n) is 1.44. The van der Waals surface area contributed by atoms with Crippen molar-refractivity contribution >= 4 is 28.5 Å². The van der Waals surface area contributed by atoms with Crippen LogP contribution < -0.4 is 4.90 Å². The molecule has 88 valence electrons. The smallest absolute Gasteiger partial charge is 0.225 e. The van der Waals surface area contributed by atoms with Crippen LogP contribution in [0.25, 0.3) is 0 Å². The molecule has 3 nitrogen and oxygen atoms in total. The predicted molar refractivity (Wildman–Crippen MR) is 73.3 cm³/mol. The van der Waals surface area contributed by atoms with E-state index in [4.69, 9.17) is 0 Å². The zero-order chi connectivity index (χ0) is 12.3. The topological polar surface area (TPSA) is 29.0 Å². The maximum atomic E-state index is 12.8. The number of hydrogen-bond acceptors (Lipinski definition) is 3. The van der Waals surface area contributed by atoms with Gasteiger partial charge in [-0.1, -0.05) is 12.1 Å². The molecule has 1 heterocycles. The van der Waals surface area contributed by atoms with Crippen molar-refractivity contribution in [3.63, 3.8) is 0 Å². The summed E-state index contributed by atoms with van der Waals surface area (Å²) < 4.78 is 13.8. The lowest BCUT2D eigenvalue weighted by Crippen LogP contribution is -2.18. The average molecular weight is 343 g/mol. The van der Waals surface area contributed by atoms with E-state index in [-0.39, 0.29) is 5.82 Å². The molecule has 0 spiro atoms.